The smallest absolute Gasteiger partial charge is 0.252 e. The predicted molar refractivity (Wildman–Crippen MR) is 324 cm³/mol. The summed E-state index contributed by atoms with van der Waals surface area (Å²) in [4.78, 5) is 5.17. The van der Waals surface area contributed by atoms with Crippen molar-refractivity contribution in [3.05, 3.63) is 272 Å². The fourth-order valence-electron chi connectivity index (χ4n) is 13.5. The van der Waals surface area contributed by atoms with E-state index < -0.39 is 0 Å². The highest BCUT2D eigenvalue weighted by Gasteiger charge is 2.44. The zero-order valence-electron chi connectivity index (χ0n) is 42.3. The number of anilines is 6. The molecule has 0 unspecified atom stereocenters. The Balaban J connectivity index is 1.03. The second-order valence-electron chi connectivity index (χ2n) is 21.6. The molecule has 3 aliphatic rings. The van der Waals surface area contributed by atoms with Gasteiger partial charge >= 0.3 is 0 Å². The molecule has 13 aromatic carbocycles. The van der Waals surface area contributed by atoms with E-state index in [0.717, 1.165) is 11.4 Å². The Morgan fingerprint density at radius 3 is 1.26 bits per heavy atom. The van der Waals surface area contributed by atoms with Crippen molar-refractivity contribution in [3.63, 3.8) is 0 Å². The van der Waals surface area contributed by atoms with Crippen LogP contribution in [-0.2, 0) is 5.41 Å². The van der Waals surface area contributed by atoms with Crippen molar-refractivity contribution in [2.45, 2.75) is 19.3 Å². The van der Waals surface area contributed by atoms with E-state index in [2.05, 4.69) is 285 Å². The highest BCUT2D eigenvalue weighted by atomic mass is 15.2. The molecule has 354 valence electrons. The van der Waals surface area contributed by atoms with E-state index in [0.29, 0.717) is 0 Å². The van der Waals surface area contributed by atoms with Crippen molar-refractivity contribution in [1.29, 1.82) is 0 Å². The molecule has 0 bridgehead atoms. The molecule has 0 spiro atoms. The zero-order valence-corrected chi connectivity index (χ0v) is 42.3. The molecule has 3 heteroatoms. The van der Waals surface area contributed by atoms with Gasteiger partial charge in [-0.1, -0.05) is 220 Å². The molecule has 1 aliphatic carbocycles. The van der Waals surface area contributed by atoms with Crippen LogP contribution in [0, 0.1) is 0 Å². The molecule has 0 saturated heterocycles. The predicted octanol–water partition coefficient (Wildman–Crippen LogP) is 17.7. The molecule has 13 aromatic rings. The van der Waals surface area contributed by atoms with Gasteiger partial charge in [-0.05, 0) is 170 Å². The quantitative estimate of drug-likeness (QED) is 0.125. The first kappa shape index (κ1) is 43.0. The highest BCUT2D eigenvalue weighted by Crippen LogP contribution is 2.52. The molecule has 0 fully saturated rings. The second-order valence-corrected chi connectivity index (χ2v) is 21.6. The summed E-state index contributed by atoms with van der Waals surface area (Å²) in [6.07, 6.45) is 0. The van der Waals surface area contributed by atoms with E-state index in [4.69, 9.17) is 0 Å². The molecule has 0 N–H and O–H groups in total. The van der Waals surface area contributed by atoms with Gasteiger partial charge in [0.05, 0.1) is 0 Å². The highest BCUT2D eigenvalue weighted by molar-refractivity contribution is 7.00. The lowest BCUT2D eigenvalue weighted by molar-refractivity contribution is 0.660. The molecule has 0 aromatic heterocycles. The Morgan fingerprint density at radius 1 is 0.289 bits per heavy atom. The van der Waals surface area contributed by atoms with Crippen molar-refractivity contribution in [2.75, 3.05) is 9.80 Å². The molecule has 2 heterocycles. The molecular weight excluding hydrogens is 916 g/mol. The normalized spacial score (nSPS) is 13.7. The number of fused-ring (bicyclic) bond motifs is 13. The minimum absolute atomic E-state index is 0.0943. The van der Waals surface area contributed by atoms with Crippen LogP contribution in [0.15, 0.2) is 261 Å². The molecule has 76 heavy (non-hydrogen) atoms. The van der Waals surface area contributed by atoms with Crippen LogP contribution in [0.3, 0.4) is 0 Å². The van der Waals surface area contributed by atoms with E-state index in [-0.39, 0.29) is 12.1 Å². The van der Waals surface area contributed by atoms with Gasteiger partial charge in [-0.2, -0.15) is 0 Å². The summed E-state index contributed by atoms with van der Waals surface area (Å²) in [5.74, 6) is 0. The number of nitrogens with zero attached hydrogens (tertiary/aromatic N) is 2. The fourth-order valence-corrected chi connectivity index (χ4v) is 13.5. The summed E-state index contributed by atoms with van der Waals surface area (Å²) in [6, 6.07) is 98.3. The Labute approximate surface area is 443 Å². The molecule has 2 nitrogen and oxygen atoms in total. The van der Waals surface area contributed by atoms with Gasteiger partial charge in [0.25, 0.3) is 6.71 Å². The maximum Gasteiger partial charge on any atom is 0.252 e. The van der Waals surface area contributed by atoms with Crippen molar-refractivity contribution < 1.29 is 0 Å². The monoisotopic (exact) mass is 964 g/mol. The lowest BCUT2D eigenvalue weighted by Gasteiger charge is -2.45. The van der Waals surface area contributed by atoms with E-state index in [1.54, 1.807) is 0 Å². The van der Waals surface area contributed by atoms with E-state index in [9.17, 15) is 0 Å². The van der Waals surface area contributed by atoms with Gasteiger partial charge in [0.1, 0.15) is 0 Å². The second kappa shape index (κ2) is 16.3. The first-order valence-corrected chi connectivity index (χ1v) is 26.7. The topological polar surface area (TPSA) is 6.48 Å². The largest absolute Gasteiger partial charge is 0.311 e. The van der Waals surface area contributed by atoms with Gasteiger partial charge in [0, 0.05) is 39.5 Å². The third-order valence-corrected chi connectivity index (χ3v) is 17.2. The van der Waals surface area contributed by atoms with Crippen LogP contribution < -0.4 is 26.2 Å². The summed E-state index contributed by atoms with van der Waals surface area (Å²) in [6.45, 7) is 4.65. The van der Waals surface area contributed by atoms with Crippen molar-refractivity contribution in [2.24, 2.45) is 0 Å². The molecular formula is C73H49BN2. The Morgan fingerprint density at radius 2 is 0.724 bits per heavy atom. The average Bonchev–Trinajstić information content (AvgIpc) is 3.86. The zero-order chi connectivity index (χ0) is 50.2. The van der Waals surface area contributed by atoms with E-state index >= 15 is 0 Å². The lowest BCUT2D eigenvalue weighted by Crippen LogP contribution is -2.61. The van der Waals surface area contributed by atoms with Crippen LogP contribution in [0.5, 0.6) is 0 Å². The first-order valence-electron chi connectivity index (χ1n) is 26.7. The van der Waals surface area contributed by atoms with Crippen LogP contribution in [0.2, 0.25) is 0 Å². The maximum absolute atomic E-state index is 2.58. The molecule has 0 radical (unpaired) electrons. The van der Waals surface area contributed by atoms with Crippen LogP contribution >= 0.6 is 0 Å². The molecule has 2 aliphatic heterocycles. The summed E-state index contributed by atoms with van der Waals surface area (Å²) >= 11 is 0. The number of hydrogen-bond donors (Lipinski definition) is 0. The van der Waals surface area contributed by atoms with Gasteiger partial charge in [-0.15, -0.1) is 0 Å². The standard InChI is InChI=1S/C73H49BN2/c1-73(2)64-24-14-13-23-60(64)63-39-52(33-38-65(63)73)55-42-70-72-71(43-55)76(57-36-31-49(32-37-57)47-17-7-4-8-18-47)69-41-54-28-26-51-20-10-12-22-59(51)62(54)45-67(69)74(72)66-44-61-53(27-25-50-19-9-11-21-58(50)61)40-68(66)75(70)56-34-29-48(30-35-56)46-15-5-3-6-16-46/h3-45H,1-2H3. The van der Waals surface area contributed by atoms with Gasteiger partial charge in [0.2, 0.25) is 0 Å². The molecule has 16 rings (SSSR count). The Kier molecular flexibility index (Phi) is 9.21. The minimum atomic E-state index is -0.0967. The van der Waals surface area contributed by atoms with E-state index in [1.165, 1.54) is 138 Å². The Hall–Kier alpha value is -9.44. The minimum Gasteiger partial charge on any atom is -0.311 e. The average molecular weight is 965 g/mol. The molecule has 0 saturated carbocycles. The fraction of sp³-hybridized carbons (Fsp3) is 0.0411. The lowest BCUT2D eigenvalue weighted by atomic mass is 9.33. The van der Waals surface area contributed by atoms with Gasteiger partial charge < -0.3 is 9.80 Å². The van der Waals surface area contributed by atoms with Crippen LogP contribution in [0.25, 0.3) is 87.6 Å². The molecule has 0 atom stereocenters. The number of rotatable bonds is 5. The molecule has 0 amide bonds. The number of hydrogen-bond acceptors (Lipinski definition) is 2. The van der Waals surface area contributed by atoms with Crippen LogP contribution in [-0.4, -0.2) is 6.71 Å². The van der Waals surface area contributed by atoms with E-state index in [1.807, 2.05) is 0 Å². The summed E-state index contributed by atoms with van der Waals surface area (Å²) in [5, 5.41) is 10.0. The third-order valence-electron chi connectivity index (χ3n) is 17.2. The van der Waals surface area contributed by atoms with Crippen molar-refractivity contribution in [1.82, 2.24) is 0 Å². The maximum atomic E-state index is 2.58. The van der Waals surface area contributed by atoms with Crippen molar-refractivity contribution in [3.8, 4) is 44.5 Å². The van der Waals surface area contributed by atoms with Crippen LogP contribution in [0.4, 0.5) is 34.1 Å². The summed E-state index contributed by atoms with van der Waals surface area (Å²) in [7, 11) is 0. The summed E-state index contributed by atoms with van der Waals surface area (Å²) < 4.78 is 0. The third kappa shape index (κ3) is 6.36. The SMILES string of the molecule is CC1(C)c2ccccc2-c2cc(-c3cc4c5c(c3)N(c3ccc(-c6ccccc6)cc3)c3cc6ccc7ccccc7c6cc3B5c3cc5c(ccc6ccccc65)cc3N4c3ccc(-c4ccccc4)cc3)ccc21. The van der Waals surface area contributed by atoms with Gasteiger partial charge in [-0.25, -0.2) is 0 Å². The van der Waals surface area contributed by atoms with Gasteiger partial charge in [0.15, 0.2) is 0 Å². The number of benzene rings is 13. The first-order chi connectivity index (χ1) is 37.4. The van der Waals surface area contributed by atoms with Crippen LogP contribution in [0.1, 0.15) is 25.0 Å². The van der Waals surface area contributed by atoms with Crippen molar-refractivity contribution >= 4 is 100 Å². The Bertz CT molecular complexity index is 4310. The summed E-state index contributed by atoms with van der Waals surface area (Å²) in [5.41, 5.74) is 23.4. The van der Waals surface area contributed by atoms with Gasteiger partial charge in [-0.3, -0.25) is 0 Å².